The highest BCUT2D eigenvalue weighted by molar-refractivity contribution is 5.79. The van der Waals surface area contributed by atoms with Crippen molar-refractivity contribution >= 4 is 23.8 Å². The Morgan fingerprint density at radius 3 is 2.21 bits per heavy atom. The number of rotatable bonds is 19. The second-order valence-electron chi connectivity index (χ2n) is 9.41. The Morgan fingerprint density at radius 1 is 1.08 bits per heavy atom. The number of aliphatic carboxylic acids is 1. The van der Waals surface area contributed by atoms with E-state index < -0.39 is 48.9 Å². The van der Waals surface area contributed by atoms with Crippen molar-refractivity contribution in [3.8, 4) is 0 Å². The summed E-state index contributed by atoms with van der Waals surface area (Å²) in [5.74, 6) is -2.55. The minimum Gasteiger partial charge on any atom is -0.479 e. The Hall–Kier alpha value is -2.70. The first-order chi connectivity index (χ1) is 18.1. The Morgan fingerprint density at radius 2 is 1.68 bits per heavy atom. The smallest absolute Gasteiger partial charge is 0.333 e. The SMILES string of the molecule is CCCCCCCCCCCC(=O)OC[C@H](O)C(OCC)C1OC(C(=O)O)CC(N=C(N)N)=C1NC(C)=O. The third kappa shape index (κ3) is 12.7. The molecule has 0 aromatic carbocycles. The van der Waals surface area contributed by atoms with E-state index in [2.05, 4.69) is 17.2 Å². The van der Waals surface area contributed by atoms with Gasteiger partial charge >= 0.3 is 11.9 Å². The summed E-state index contributed by atoms with van der Waals surface area (Å²) in [5.41, 5.74) is 11.2. The van der Waals surface area contributed by atoms with Gasteiger partial charge in [0.25, 0.3) is 0 Å². The number of esters is 1. The minimum atomic E-state index is -1.39. The topological polar surface area (TPSA) is 196 Å². The number of unbranched alkanes of at least 4 members (excludes halogenated alkanes) is 8. The number of aliphatic imine (C=N–C) groups is 1. The molecule has 12 nitrogen and oxygen atoms in total. The molecule has 0 aromatic rings. The summed E-state index contributed by atoms with van der Waals surface area (Å²) in [6.45, 7) is 4.84. The average molecular weight is 543 g/mol. The monoisotopic (exact) mass is 542 g/mol. The number of hydrogen-bond donors (Lipinski definition) is 5. The first-order valence-corrected chi connectivity index (χ1v) is 13.5. The fraction of sp³-hybridized carbons (Fsp3) is 0.769. The maximum atomic E-state index is 12.2. The number of amides is 1. The van der Waals surface area contributed by atoms with Gasteiger partial charge in [-0.15, -0.1) is 0 Å². The molecule has 0 fully saturated rings. The van der Waals surface area contributed by atoms with Gasteiger partial charge in [0.15, 0.2) is 12.1 Å². The van der Waals surface area contributed by atoms with Gasteiger partial charge in [-0.1, -0.05) is 58.3 Å². The van der Waals surface area contributed by atoms with E-state index >= 15 is 0 Å². The standard InChI is InChI=1S/C26H46N4O8/c1-4-6-7-8-9-10-11-12-13-14-21(33)37-16-19(32)23(36-5-2)24-22(29-17(3)31)18(30-26(27)28)15-20(38-24)25(34)35/h19-20,23-24,32H,4-16H2,1-3H3,(H,29,31)(H,34,35)(H4,27,28,30)/t19-,20?,23?,24?/m0/s1. The third-order valence-corrected chi connectivity index (χ3v) is 6.07. The molecule has 0 spiro atoms. The molecule has 0 aliphatic carbocycles. The number of nitrogens with zero attached hydrogens (tertiary/aromatic N) is 1. The zero-order valence-electron chi connectivity index (χ0n) is 22.9. The largest absolute Gasteiger partial charge is 0.479 e. The molecule has 7 N–H and O–H groups in total. The van der Waals surface area contributed by atoms with Crippen LogP contribution in [0.4, 0.5) is 0 Å². The molecule has 0 saturated carbocycles. The predicted octanol–water partition coefficient (Wildman–Crippen LogP) is 2.08. The first-order valence-electron chi connectivity index (χ1n) is 13.5. The molecule has 12 heteroatoms. The van der Waals surface area contributed by atoms with Crippen LogP contribution in [0.1, 0.15) is 91.4 Å². The van der Waals surface area contributed by atoms with Crippen LogP contribution in [0.2, 0.25) is 0 Å². The van der Waals surface area contributed by atoms with Crippen molar-refractivity contribution in [1.29, 1.82) is 0 Å². The molecule has 0 bridgehead atoms. The molecule has 3 unspecified atom stereocenters. The molecular weight excluding hydrogens is 496 g/mol. The molecule has 1 rings (SSSR count). The molecule has 1 heterocycles. The number of guanidine groups is 1. The van der Waals surface area contributed by atoms with E-state index in [-0.39, 0.29) is 36.8 Å². The molecule has 0 radical (unpaired) electrons. The fourth-order valence-electron chi connectivity index (χ4n) is 4.24. The van der Waals surface area contributed by atoms with Crippen molar-refractivity contribution in [2.45, 2.75) is 116 Å². The molecule has 0 aromatic heterocycles. The number of ether oxygens (including phenoxy) is 3. The van der Waals surface area contributed by atoms with E-state index in [1.165, 1.54) is 39.0 Å². The lowest BCUT2D eigenvalue weighted by molar-refractivity contribution is -0.173. The van der Waals surface area contributed by atoms with Gasteiger partial charge in [-0.3, -0.25) is 9.59 Å². The van der Waals surface area contributed by atoms with Gasteiger partial charge in [0.1, 0.15) is 24.9 Å². The summed E-state index contributed by atoms with van der Waals surface area (Å²) in [5, 5.41) is 23.0. The van der Waals surface area contributed by atoms with Crippen LogP contribution in [-0.2, 0) is 28.6 Å². The summed E-state index contributed by atoms with van der Waals surface area (Å²) < 4.78 is 16.6. The van der Waals surface area contributed by atoms with Crippen LogP contribution in [-0.4, -0.2) is 71.6 Å². The molecule has 1 amide bonds. The van der Waals surface area contributed by atoms with E-state index in [1.807, 2.05) is 0 Å². The van der Waals surface area contributed by atoms with Gasteiger partial charge in [-0.2, -0.15) is 0 Å². The number of hydrogen-bond acceptors (Lipinski definition) is 8. The van der Waals surface area contributed by atoms with Crippen LogP contribution in [0.25, 0.3) is 0 Å². The van der Waals surface area contributed by atoms with E-state index in [9.17, 15) is 24.6 Å². The van der Waals surface area contributed by atoms with Crippen molar-refractivity contribution in [3.05, 3.63) is 11.4 Å². The molecule has 38 heavy (non-hydrogen) atoms. The number of nitrogens with two attached hydrogens (primary N) is 2. The zero-order chi connectivity index (χ0) is 28.5. The van der Waals surface area contributed by atoms with Crippen LogP contribution in [0.5, 0.6) is 0 Å². The highest BCUT2D eigenvalue weighted by Gasteiger charge is 2.42. The van der Waals surface area contributed by atoms with E-state index in [1.54, 1.807) is 6.92 Å². The van der Waals surface area contributed by atoms with Crippen molar-refractivity contribution in [1.82, 2.24) is 5.32 Å². The van der Waals surface area contributed by atoms with Gasteiger partial charge in [0.05, 0.1) is 11.4 Å². The Balaban J connectivity index is 2.79. The molecule has 218 valence electrons. The maximum Gasteiger partial charge on any atom is 0.333 e. The summed E-state index contributed by atoms with van der Waals surface area (Å²) in [4.78, 5) is 39.8. The molecule has 4 atom stereocenters. The van der Waals surface area contributed by atoms with Crippen molar-refractivity contribution in [3.63, 3.8) is 0 Å². The quantitative estimate of drug-likeness (QED) is 0.0697. The summed E-state index contributed by atoms with van der Waals surface area (Å²) in [7, 11) is 0. The lowest BCUT2D eigenvalue weighted by atomic mass is 9.97. The second kappa shape index (κ2) is 18.5. The zero-order valence-corrected chi connectivity index (χ0v) is 22.9. The van der Waals surface area contributed by atoms with Crippen molar-refractivity contribution in [2.75, 3.05) is 13.2 Å². The highest BCUT2D eigenvalue weighted by Crippen LogP contribution is 2.30. The van der Waals surface area contributed by atoms with Gasteiger partial charge in [-0.05, 0) is 13.3 Å². The summed E-state index contributed by atoms with van der Waals surface area (Å²) >= 11 is 0. The lowest BCUT2D eigenvalue weighted by Crippen LogP contribution is -2.52. The normalized spacial score (nSPS) is 18.9. The van der Waals surface area contributed by atoms with Gasteiger partial charge in [0, 0.05) is 26.4 Å². The first kappa shape index (κ1) is 33.3. The van der Waals surface area contributed by atoms with Crippen LogP contribution in [0.3, 0.4) is 0 Å². The Labute approximate surface area is 225 Å². The molecule has 0 saturated heterocycles. The molecule has 1 aliphatic rings. The van der Waals surface area contributed by atoms with Crippen LogP contribution >= 0.6 is 0 Å². The van der Waals surface area contributed by atoms with Gasteiger partial charge < -0.3 is 41.2 Å². The van der Waals surface area contributed by atoms with Gasteiger partial charge in [0.2, 0.25) is 5.91 Å². The van der Waals surface area contributed by atoms with Crippen LogP contribution in [0.15, 0.2) is 16.4 Å². The fourth-order valence-corrected chi connectivity index (χ4v) is 4.24. The average Bonchev–Trinajstić information content (AvgIpc) is 2.85. The van der Waals surface area contributed by atoms with E-state index in [4.69, 9.17) is 25.7 Å². The number of carbonyl (C=O) groups excluding carboxylic acids is 2. The Kier molecular flexibility index (Phi) is 16.3. The van der Waals surface area contributed by atoms with E-state index in [0.717, 1.165) is 19.3 Å². The number of carboxylic acids is 1. The molecule has 1 aliphatic heterocycles. The maximum absolute atomic E-state index is 12.2. The van der Waals surface area contributed by atoms with Crippen LogP contribution < -0.4 is 16.8 Å². The third-order valence-electron chi connectivity index (χ3n) is 6.07. The van der Waals surface area contributed by atoms with Crippen LogP contribution in [0, 0.1) is 0 Å². The lowest BCUT2D eigenvalue weighted by Gasteiger charge is -2.37. The number of aliphatic hydroxyl groups is 1. The summed E-state index contributed by atoms with van der Waals surface area (Å²) in [6.07, 6.45) is 4.90. The highest BCUT2D eigenvalue weighted by atomic mass is 16.6. The number of aliphatic hydroxyl groups excluding tert-OH is 1. The number of carbonyl (C=O) groups is 3. The predicted molar refractivity (Wildman–Crippen MR) is 142 cm³/mol. The molecular formula is C26H46N4O8. The number of nitrogens with one attached hydrogen (secondary N) is 1. The van der Waals surface area contributed by atoms with Crippen molar-refractivity contribution < 1.29 is 38.8 Å². The number of carboxylic acid groups (broad SMARTS) is 1. The Bertz CT molecular complexity index is 813. The second-order valence-corrected chi connectivity index (χ2v) is 9.41. The summed E-state index contributed by atoms with van der Waals surface area (Å²) in [6, 6.07) is 0. The van der Waals surface area contributed by atoms with Crippen molar-refractivity contribution in [2.24, 2.45) is 16.5 Å². The minimum absolute atomic E-state index is 0.0712. The van der Waals surface area contributed by atoms with E-state index in [0.29, 0.717) is 6.42 Å². The van der Waals surface area contributed by atoms with Gasteiger partial charge in [-0.25, -0.2) is 9.79 Å².